The number of aryl methyl sites for hydroxylation is 1. The van der Waals surface area contributed by atoms with Gasteiger partial charge in [0.1, 0.15) is 0 Å². The Labute approximate surface area is 126 Å². The smallest absolute Gasteiger partial charge is 0.256 e. The molecule has 1 aliphatic heterocycles. The number of rotatable bonds is 2. The maximum Gasteiger partial charge on any atom is 0.256 e. The number of anilines is 1. The summed E-state index contributed by atoms with van der Waals surface area (Å²) in [6.45, 7) is 3.77. The van der Waals surface area contributed by atoms with Gasteiger partial charge >= 0.3 is 0 Å². The third-order valence-electron chi connectivity index (χ3n) is 5.34. The average Bonchev–Trinajstić information content (AvgIpc) is 2.95. The molecule has 0 unspecified atom stereocenters. The van der Waals surface area contributed by atoms with Crippen LogP contribution in [0.5, 0.6) is 0 Å². The molecule has 1 spiro atoms. The quantitative estimate of drug-likeness (QED) is 0.649. The number of hydrogen-bond donors (Lipinski definition) is 2. The fraction of sp³-hybridized carbons (Fsp3) is 0.588. The number of nitrogens with two attached hydrogens (primary N) is 1. The number of nitrogen functional groups attached to an aromatic ring is 1. The summed E-state index contributed by atoms with van der Waals surface area (Å²) in [5.41, 5.74) is 5.71. The van der Waals surface area contributed by atoms with Crippen LogP contribution in [-0.4, -0.2) is 23.9 Å². The van der Waals surface area contributed by atoms with E-state index in [-0.39, 0.29) is 5.91 Å². The third-order valence-corrected chi connectivity index (χ3v) is 5.34. The van der Waals surface area contributed by atoms with Gasteiger partial charge in [-0.15, -0.1) is 0 Å². The minimum Gasteiger partial charge on any atom is -0.339 e. The lowest BCUT2D eigenvalue weighted by atomic mass is 9.77. The lowest BCUT2D eigenvalue weighted by molar-refractivity contribution is 0.0588. The Bertz CT molecular complexity index is 525. The minimum absolute atomic E-state index is 0.107. The van der Waals surface area contributed by atoms with Crippen molar-refractivity contribution in [3.8, 4) is 0 Å². The second-order valence-corrected chi connectivity index (χ2v) is 6.69. The predicted octanol–water partition coefficient (Wildman–Crippen LogP) is 3.08. The molecular formula is C17H25N3O. The zero-order chi connectivity index (χ0) is 14.9. The van der Waals surface area contributed by atoms with E-state index in [1.54, 1.807) is 0 Å². The number of hydrogen-bond acceptors (Lipinski definition) is 3. The average molecular weight is 287 g/mol. The summed E-state index contributed by atoms with van der Waals surface area (Å²) < 4.78 is 0. The molecule has 4 nitrogen and oxygen atoms in total. The van der Waals surface area contributed by atoms with Crippen molar-refractivity contribution in [3.63, 3.8) is 0 Å². The van der Waals surface area contributed by atoms with Crippen molar-refractivity contribution in [2.75, 3.05) is 18.5 Å². The van der Waals surface area contributed by atoms with E-state index in [1.807, 2.05) is 30.0 Å². The highest BCUT2D eigenvalue weighted by atomic mass is 16.2. The number of amides is 1. The molecule has 0 bridgehead atoms. The van der Waals surface area contributed by atoms with E-state index < -0.39 is 0 Å². The number of likely N-dealkylation sites (tertiary alicyclic amines) is 1. The lowest BCUT2D eigenvalue weighted by Gasteiger charge is -2.39. The summed E-state index contributed by atoms with van der Waals surface area (Å²) in [5, 5.41) is 0. The van der Waals surface area contributed by atoms with Crippen LogP contribution in [0.15, 0.2) is 18.2 Å². The van der Waals surface area contributed by atoms with E-state index >= 15 is 0 Å². The first-order valence-corrected chi connectivity index (χ1v) is 8.00. The van der Waals surface area contributed by atoms with Gasteiger partial charge < -0.3 is 10.3 Å². The SMILES string of the molecule is Cc1ccc(C(=O)N2CCC3(CCCC3)CC2)c(NN)c1. The van der Waals surface area contributed by atoms with Crippen LogP contribution in [0.3, 0.4) is 0 Å². The van der Waals surface area contributed by atoms with E-state index in [4.69, 9.17) is 5.84 Å². The van der Waals surface area contributed by atoms with Gasteiger partial charge in [0, 0.05) is 13.1 Å². The molecule has 1 saturated carbocycles. The Kier molecular flexibility index (Phi) is 3.89. The van der Waals surface area contributed by atoms with Crippen LogP contribution in [0.2, 0.25) is 0 Å². The molecule has 1 heterocycles. The molecule has 2 fully saturated rings. The fourth-order valence-electron chi connectivity index (χ4n) is 3.94. The molecule has 1 aliphatic carbocycles. The van der Waals surface area contributed by atoms with Crippen molar-refractivity contribution < 1.29 is 4.79 Å². The highest BCUT2D eigenvalue weighted by Gasteiger charge is 2.38. The maximum atomic E-state index is 12.7. The predicted molar refractivity (Wildman–Crippen MR) is 85.0 cm³/mol. The van der Waals surface area contributed by atoms with Gasteiger partial charge in [0.2, 0.25) is 0 Å². The van der Waals surface area contributed by atoms with Crippen molar-refractivity contribution in [1.29, 1.82) is 0 Å². The Hall–Kier alpha value is -1.55. The van der Waals surface area contributed by atoms with Crippen molar-refractivity contribution in [2.24, 2.45) is 11.3 Å². The molecule has 0 atom stereocenters. The van der Waals surface area contributed by atoms with Gasteiger partial charge in [0.05, 0.1) is 11.3 Å². The number of nitrogens with zero attached hydrogens (tertiary/aromatic N) is 1. The molecule has 1 saturated heterocycles. The number of nitrogens with one attached hydrogen (secondary N) is 1. The summed E-state index contributed by atoms with van der Waals surface area (Å²) in [5.74, 6) is 5.67. The molecule has 0 radical (unpaired) electrons. The van der Waals surface area contributed by atoms with E-state index in [0.717, 1.165) is 37.2 Å². The zero-order valence-corrected chi connectivity index (χ0v) is 12.8. The van der Waals surface area contributed by atoms with E-state index in [1.165, 1.54) is 25.7 Å². The summed E-state index contributed by atoms with van der Waals surface area (Å²) >= 11 is 0. The fourth-order valence-corrected chi connectivity index (χ4v) is 3.94. The summed E-state index contributed by atoms with van der Waals surface area (Å²) in [7, 11) is 0. The van der Waals surface area contributed by atoms with Crippen LogP contribution in [-0.2, 0) is 0 Å². The number of piperidine rings is 1. The van der Waals surface area contributed by atoms with Crippen LogP contribution < -0.4 is 11.3 Å². The number of benzene rings is 1. The topological polar surface area (TPSA) is 58.4 Å². The highest BCUT2D eigenvalue weighted by molar-refractivity contribution is 5.99. The second-order valence-electron chi connectivity index (χ2n) is 6.69. The first-order chi connectivity index (χ1) is 10.1. The Morgan fingerprint density at radius 3 is 2.48 bits per heavy atom. The monoisotopic (exact) mass is 287 g/mol. The molecule has 21 heavy (non-hydrogen) atoms. The molecule has 1 aromatic rings. The largest absolute Gasteiger partial charge is 0.339 e. The van der Waals surface area contributed by atoms with Crippen molar-refractivity contribution in [3.05, 3.63) is 29.3 Å². The van der Waals surface area contributed by atoms with Crippen LogP contribution in [0, 0.1) is 12.3 Å². The molecule has 3 N–H and O–H groups in total. The molecule has 1 amide bonds. The molecule has 3 rings (SSSR count). The van der Waals surface area contributed by atoms with Gasteiger partial charge in [0.25, 0.3) is 5.91 Å². The lowest BCUT2D eigenvalue weighted by Crippen LogP contribution is -2.42. The first-order valence-electron chi connectivity index (χ1n) is 8.00. The van der Waals surface area contributed by atoms with Crippen molar-refractivity contribution in [1.82, 2.24) is 4.90 Å². The van der Waals surface area contributed by atoms with Gasteiger partial charge in [-0.1, -0.05) is 18.9 Å². The van der Waals surface area contributed by atoms with E-state index in [9.17, 15) is 4.79 Å². The zero-order valence-electron chi connectivity index (χ0n) is 12.8. The van der Waals surface area contributed by atoms with E-state index in [0.29, 0.717) is 11.0 Å². The number of hydrazine groups is 1. The van der Waals surface area contributed by atoms with E-state index in [2.05, 4.69) is 5.43 Å². The molecule has 114 valence electrons. The Morgan fingerprint density at radius 2 is 1.86 bits per heavy atom. The molecular weight excluding hydrogens is 262 g/mol. The summed E-state index contributed by atoms with van der Waals surface area (Å²) in [6, 6.07) is 5.78. The van der Waals surface area contributed by atoms with Gasteiger partial charge in [0.15, 0.2) is 0 Å². The van der Waals surface area contributed by atoms with Crippen LogP contribution in [0.1, 0.15) is 54.4 Å². The molecule has 1 aromatic carbocycles. The molecule has 4 heteroatoms. The van der Waals surface area contributed by atoms with Gasteiger partial charge in [-0.2, -0.15) is 0 Å². The number of carbonyl (C=O) groups is 1. The first kappa shape index (κ1) is 14.4. The molecule has 2 aliphatic rings. The Morgan fingerprint density at radius 1 is 1.19 bits per heavy atom. The van der Waals surface area contributed by atoms with Crippen LogP contribution in [0.25, 0.3) is 0 Å². The normalized spacial score (nSPS) is 20.8. The molecule has 0 aromatic heterocycles. The standard InChI is InChI=1S/C17H25N3O/c1-13-4-5-14(15(12-13)19-18)16(21)20-10-8-17(9-11-20)6-2-3-7-17/h4-5,12,19H,2-3,6-11,18H2,1H3. The van der Waals surface area contributed by atoms with Crippen molar-refractivity contribution in [2.45, 2.75) is 45.4 Å². The van der Waals surface area contributed by atoms with Gasteiger partial charge in [-0.25, -0.2) is 0 Å². The number of carbonyl (C=O) groups excluding carboxylic acids is 1. The third kappa shape index (κ3) is 2.77. The van der Waals surface area contributed by atoms with Gasteiger partial charge in [-0.05, 0) is 55.7 Å². The Balaban J connectivity index is 1.72. The van der Waals surface area contributed by atoms with Crippen LogP contribution in [0.4, 0.5) is 5.69 Å². The summed E-state index contributed by atoms with van der Waals surface area (Å²) in [6.07, 6.45) is 7.77. The van der Waals surface area contributed by atoms with Crippen LogP contribution >= 0.6 is 0 Å². The van der Waals surface area contributed by atoms with Crippen molar-refractivity contribution >= 4 is 11.6 Å². The van der Waals surface area contributed by atoms with Gasteiger partial charge in [-0.3, -0.25) is 10.6 Å². The highest BCUT2D eigenvalue weighted by Crippen LogP contribution is 2.46. The maximum absolute atomic E-state index is 12.7. The second kappa shape index (κ2) is 5.68. The minimum atomic E-state index is 0.107. The summed E-state index contributed by atoms with van der Waals surface area (Å²) in [4.78, 5) is 14.7.